The molecular formula is C15H29NO2. The third kappa shape index (κ3) is 6.50. The summed E-state index contributed by atoms with van der Waals surface area (Å²) in [5.41, 5.74) is 5.71. The first kappa shape index (κ1) is 15.6. The van der Waals surface area contributed by atoms with Crippen LogP contribution in [0.5, 0.6) is 0 Å². The molecule has 1 fully saturated rings. The highest BCUT2D eigenvalue weighted by atomic mass is 16.5. The number of ether oxygens (including phenoxy) is 1. The normalized spacial score (nSPS) is 22.9. The molecule has 0 spiro atoms. The van der Waals surface area contributed by atoms with E-state index in [1.807, 2.05) is 6.92 Å². The molecule has 106 valence electrons. The van der Waals surface area contributed by atoms with Gasteiger partial charge in [-0.3, -0.25) is 4.79 Å². The Morgan fingerprint density at radius 1 is 1.33 bits per heavy atom. The Morgan fingerprint density at radius 3 is 2.72 bits per heavy atom. The lowest BCUT2D eigenvalue weighted by atomic mass is 9.94. The molecule has 3 atom stereocenters. The number of Topliss-reactive ketones (excluding diaryl/α,β-unsaturated/α-hetero) is 1. The zero-order chi connectivity index (χ0) is 13.4. The fourth-order valence-corrected chi connectivity index (χ4v) is 2.53. The second-order valence-electron chi connectivity index (χ2n) is 5.80. The summed E-state index contributed by atoms with van der Waals surface area (Å²) < 4.78 is 5.56. The minimum Gasteiger partial charge on any atom is -0.378 e. The Labute approximate surface area is 111 Å². The molecule has 1 aliphatic heterocycles. The largest absolute Gasteiger partial charge is 0.378 e. The van der Waals surface area contributed by atoms with E-state index in [0.29, 0.717) is 11.9 Å². The Morgan fingerprint density at radius 2 is 2.11 bits per heavy atom. The van der Waals surface area contributed by atoms with Crippen molar-refractivity contribution in [2.75, 3.05) is 6.61 Å². The monoisotopic (exact) mass is 255 g/mol. The number of rotatable bonds is 9. The molecule has 18 heavy (non-hydrogen) atoms. The lowest BCUT2D eigenvalue weighted by Crippen LogP contribution is -2.16. The van der Waals surface area contributed by atoms with Crippen molar-refractivity contribution in [2.24, 2.45) is 11.7 Å². The molecule has 0 aromatic heterocycles. The van der Waals surface area contributed by atoms with Crippen molar-refractivity contribution in [3.05, 3.63) is 0 Å². The van der Waals surface area contributed by atoms with E-state index in [0.717, 1.165) is 45.1 Å². The zero-order valence-electron chi connectivity index (χ0n) is 12.0. The van der Waals surface area contributed by atoms with E-state index < -0.39 is 0 Å². The molecule has 0 radical (unpaired) electrons. The van der Waals surface area contributed by atoms with Crippen LogP contribution >= 0.6 is 0 Å². The molecule has 0 aromatic rings. The van der Waals surface area contributed by atoms with Crippen LogP contribution in [0.3, 0.4) is 0 Å². The van der Waals surface area contributed by atoms with Crippen LogP contribution in [0.1, 0.15) is 65.2 Å². The van der Waals surface area contributed by atoms with Crippen LogP contribution in [-0.2, 0) is 9.53 Å². The molecule has 2 N–H and O–H groups in total. The van der Waals surface area contributed by atoms with Gasteiger partial charge in [0.05, 0.1) is 6.10 Å². The molecular weight excluding hydrogens is 226 g/mol. The maximum Gasteiger partial charge on any atom is 0.135 e. The van der Waals surface area contributed by atoms with Gasteiger partial charge in [0, 0.05) is 25.0 Å². The molecule has 3 heteroatoms. The quantitative estimate of drug-likeness (QED) is 0.689. The van der Waals surface area contributed by atoms with E-state index in [1.165, 1.54) is 12.8 Å². The van der Waals surface area contributed by atoms with Crippen molar-refractivity contribution in [2.45, 2.75) is 77.4 Å². The minimum atomic E-state index is 0.202. The molecule has 1 saturated heterocycles. The first-order valence-electron chi connectivity index (χ1n) is 7.49. The number of nitrogens with two attached hydrogens (primary N) is 1. The molecule has 1 heterocycles. The molecule has 1 aliphatic rings. The van der Waals surface area contributed by atoms with Crippen LogP contribution in [-0.4, -0.2) is 24.5 Å². The Bertz CT molecular complexity index is 235. The van der Waals surface area contributed by atoms with E-state index in [4.69, 9.17) is 10.5 Å². The third-order valence-electron chi connectivity index (χ3n) is 3.82. The van der Waals surface area contributed by atoms with Crippen LogP contribution in [0.2, 0.25) is 0 Å². The summed E-state index contributed by atoms with van der Waals surface area (Å²) in [7, 11) is 0. The van der Waals surface area contributed by atoms with Crippen molar-refractivity contribution in [1.82, 2.24) is 0 Å². The molecule has 0 saturated carbocycles. The lowest BCUT2D eigenvalue weighted by molar-refractivity contribution is -0.122. The van der Waals surface area contributed by atoms with Gasteiger partial charge in [0.2, 0.25) is 0 Å². The predicted molar refractivity (Wildman–Crippen MR) is 74.5 cm³/mol. The Hall–Kier alpha value is -0.410. The number of ketones is 1. The van der Waals surface area contributed by atoms with Gasteiger partial charge in [-0.1, -0.05) is 13.3 Å². The van der Waals surface area contributed by atoms with Gasteiger partial charge < -0.3 is 10.5 Å². The van der Waals surface area contributed by atoms with Crippen LogP contribution in [0.15, 0.2) is 0 Å². The third-order valence-corrected chi connectivity index (χ3v) is 3.82. The van der Waals surface area contributed by atoms with Crippen molar-refractivity contribution < 1.29 is 9.53 Å². The van der Waals surface area contributed by atoms with Crippen LogP contribution < -0.4 is 5.73 Å². The standard InChI is InChI=1S/C15H29NO2/c1-12(6-3-7-13(2)16)15(17)10-4-8-14-9-5-11-18-14/h12-14H,3-11,16H2,1-2H3. The summed E-state index contributed by atoms with van der Waals surface area (Å²) in [4.78, 5) is 11.9. The van der Waals surface area contributed by atoms with Gasteiger partial charge in [-0.25, -0.2) is 0 Å². The fraction of sp³-hybridized carbons (Fsp3) is 0.933. The summed E-state index contributed by atoms with van der Waals surface area (Å²) in [5.74, 6) is 0.617. The lowest BCUT2D eigenvalue weighted by Gasteiger charge is -2.12. The van der Waals surface area contributed by atoms with Crippen LogP contribution in [0.25, 0.3) is 0 Å². The maximum atomic E-state index is 11.9. The summed E-state index contributed by atoms with van der Waals surface area (Å²) in [6.45, 7) is 4.98. The maximum absolute atomic E-state index is 11.9. The molecule has 0 bridgehead atoms. The topological polar surface area (TPSA) is 52.3 Å². The number of carbonyl (C=O) groups is 1. The van der Waals surface area contributed by atoms with E-state index in [2.05, 4.69) is 6.92 Å². The first-order chi connectivity index (χ1) is 8.59. The van der Waals surface area contributed by atoms with Gasteiger partial charge in [-0.05, 0) is 45.4 Å². The first-order valence-corrected chi connectivity index (χ1v) is 7.49. The SMILES string of the molecule is CC(N)CCCC(C)C(=O)CCCC1CCCO1. The fourth-order valence-electron chi connectivity index (χ4n) is 2.53. The van der Waals surface area contributed by atoms with Crippen molar-refractivity contribution in [1.29, 1.82) is 0 Å². The van der Waals surface area contributed by atoms with Gasteiger partial charge in [-0.15, -0.1) is 0 Å². The molecule has 3 unspecified atom stereocenters. The van der Waals surface area contributed by atoms with Gasteiger partial charge in [-0.2, -0.15) is 0 Å². The Balaban J connectivity index is 2.03. The molecule has 0 aromatic carbocycles. The number of hydrogen-bond donors (Lipinski definition) is 1. The average Bonchev–Trinajstić information content (AvgIpc) is 2.81. The second-order valence-corrected chi connectivity index (χ2v) is 5.80. The summed E-state index contributed by atoms with van der Waals surface area (Å²) >= 11 is 0. The van der Waals surface area contributed by atoms with Crippen LogP contribution in [0, 0.1) is 5.92 Å². The molecule has 1 rings (SSSR count). The smallest absolute Gasteiger partial charge is 0.135 e. The van der Waals surface area contributed by atoms with Gasteiger partial charge in [0.15, 0.2) is 0 Å². The van der Waals surface area contributed by atoms with Crippen molar-refractivity contribution >= 4 is 5.78 Å². The highest BCUT2D eigenvalue weighted by Crippen LogP contribution is 2.19. The second kappa shape index (κ2) is 8.65. The minimum absolute atomic E-state index is 0.202. The van der Waals surface area contributed by atoms with Gasteiger partial charge in [0.1, 0.15) is 5.78 Å². The van der Waals surface area contributed by atoms with E-state index in [9.17, 15) is 4.79 Å². The summed E-state index contributed by atoms with van der Waals surface area (Å²) in [5, 5.41) is 0. The highest BCUT2D eigenvalue weighted by Gasteiger charge is 2.17. The molecule has 0 aliphatic carbocycles. The Kier molecular flexibility index (Phi) is 7.52. The average molecular weight is 255 g/mol. The highest BCUT2D eigenvalue weighted by molar-refractivity contribution is 5.80. The molecule has 3 nitrogen and oxygen atoms in total. The van der Waals surface area contributed by atoms with E-state index >= 15 is 0 Å². The molecule has 0 amide bonds. The summed E-state index contributed by atoms with van der Waals surface area (Å²) in [6.07, 6.45) is 8.62. The van der Waals surface area contributed by atoms with Gasteiger partial charge in [0.25, 0.3) is 0 Å². The number of hydrogen-bond acceptors (Lipinski definition) is 3. The van der Waals surface area contributed by atoms with Crippen LogP contribution in [0.4, 0.5) is 0 Å². The van der Waals surface area contributed by atoms with E-state index in [-0.39, 0.29) is 12.0 Å². The number of carbonyl (C=O) groups excluding carboxylic acids is 1. The van der Waals surface area contributed by atoms with Gasteiger partial charge >= 0.3 is 0 Å². The predicted octanol–water partition coefficient (Wildman–Crippen LogP) is 3.06. The van der Waals surface area contributed by atoms with Crippen molar-refractivity contribution in [3.63, 3.8) is 0 Å². The zero-order valence-corrected chi connectivity index (χ0v) is 12.0. The van der Waals surface area contributed by atoms with E-state index in [1.54, 1.807) is 0 Å². The van der Waals surface area contributed by atoms with Crippen molar-refractivity contribution in [3.8, 4) is 0 Å². The summed E-state index contributed by atoms with van der Waals surface area (Å²) in [6, 6.07) is 0.256.